The average Bonchev–Trinajstić information content (AvgIpc) is 2.52. The summed E-state index contributed by atoms with van der Waals surface area (Å²) in [6.07, 6.45) is 7.03. The number of aromatic nitrogens is 2. The average molecular weight is 289 g/mol. The van der Waals surface area contributed by atoms with E-state index in [0.29, 0.717) is 12.1 Å². The van der Waals surface area contributed by atoms with Gasteiger partial charge in [0.05, 0.1) is 0 Å². The number of rotatable bonds is 4. The summed E-state index contributed by atoms with van der Waals surface area (Å²) in [6, 6.07) is 3.27. The number of piperidine rings is 1. The van der Waals surface area contributed by atoms with Crippen molar-refractivity contribution in [2.75, 3.05) is 36.4 Å². The molecule has 0 spiro atoms. The number of nitrogens with one attached hydrogen (secondary N) is 1. The molecular formula is C16H27N5. The molecule has 0 aliphatic carbocycles. The molecule has 0 radical (unpaired) electrons. The van der Waals surface area contributed by atoms with Crippen LogP contribution in [0.15, 0.2) is 12.3 Å². The first-order valence-electron chi connectivity index (χ1n) is 8.35. The van der Waals surface area contributed by atoms with Crippen LogP contribution in [0.1, 0.15) is 39.5 Å². The predicted molar refractivity (Wildman–Crippen MR) is 86.8 cm³/mol. The van der Waals surface area contributed by atoms with Crippen molar-refractivity contribution in [3.05, 3.63) is 12.3 Å². The Labute approximate surface area is 127 Å². The van der Waals surface area contributed by atoms with Crippen LogP contribution >= 0.6 is 0 Å². The summed E-state index contributed by atoms with van der Waals surface area (Å²) < 4.78 is 0. The highest BCUT2D eigenvalue weighted by Crippen LogP contribution is 2.27. The first kappa shape index (κ1) is 14.6. The molecule has 116 valence electrons. The third-order valence-electron chi connectivity index (χ3n) is 4.66. The van der Waals surface area contributed by atoms with Gasteiger partial charge in [-0.1, -0.05) is 13.3 Å². The molecule has 1 aromatic rings. The molecule has 5 heteroatoms. The van der Waals surface area contributed by atoms with E-state index in [1.807, 2.05) is 12.3 Å². The van der Waals surface area contributed by atoms with Crippen molar-refractivity contribution in [3.8, 4) is 0 Å². The molecule has 0 bridgehead atoms. The summed E-state index contributed by atoms with van der Waals surface area (Å²) in [4.78, 5) is 14.2. The van der Waals surface area contributed by atoms with Crippen LogP contribution in [0.5, 0.6) is 0 Å². The van der Waals surface area contributed by atoms with Gasteiger partial charge in [-0.05, 0) is 38.8 Å². The standard InChI is InChI=1S/C16H27N5/c1-3-8-17-16-18-9-7-15(19-16)21-12-14-6-4-5-10-20(14)11-13(21)2/h7,9,13-14H,3-6,8,10-12H2,1-2H3,(H,17,18,19). The highest BCUT2D eigenvalue weighted by Gasteiger charge is 2.33. The second-order valence-electron chi connectivity index (χ2n) is 6.31. The zero-order chi connectivity index (χ0) is 14.7. The predicted octanol–water partition coefficient (Wildman–Crippen LogP) is 2.36. The minimum atomic E-state index is 0.522. The lowest BCUT2D eigenvalue weighted by atomic mass is 9.97. The van der Waals surface area contributed by atoms with Gasteiger partial charge in [-0.15, -0.1) is 0 Å². The van der Waals surface area contributed by atoms with Crippen LogP contribution in [0.2, 0.25) is 0 Å². The summed E-state index contributed by atoms with van der Waals surface area (Å²) in [6.45, 7) is 8.93. The number of fused-ring (bicyclic) bond motifs is 1. The van der Waals surface area contributed by atoms with E-state index in [9.17, 15) is 0 Å². The summed E-state index contributed by atoms with van der Waals surface area (Å²) in [5.74, 6) is 1.83. The van der Waals surface area contributed by atoms with E-state index >= 15 is 0 Å². The van der Waals surface area contributed by atoms with Gasteiger partial charge in [-0.25, -0.2) is 4.98 Å². The minimum absolute atomic E-state index is 0.522. The smallest absolute Gasteiger partial charge is 0.224 e. The molecule has 2 atom stereocenters. The van der Waals surface area contributed by atoms with Crippen LogP contribution in [0, 0.1) is 0 Å². The van der Waals surface area contributed by atoms with E-state index in [4.69, 9.17) is 4.98 Å². The molecule has 2 aliphatic heterocycles. The second-order valence-corrected chi connectivity index (χ2v) is 6.31. The van der Waals surface area contributed by atoms with Crippen molar-refractivity contribution in [3.63, 3.8) is 0 Å². The lowest BCUT2D eigenvalue weighted by Gasteiger charge is -2.48. The Bertz CT molecular complexity index is 464. The molecule has 5 nitrogen and oxygen atoms in total. The summed E-state index contributed by atoms with van der Waals surface area (Å²) in [5.41, 5.74) is 0. The highest BCUT2D eigenvalue weighted by molar-refractivity contribution is 5.44. The third-order valence-corrected chi connectivity index (χ3v) is 4.66. The summed E-state index contributed by atoms with van der Waals surface area (Å²) >= 11 is 0. The first-order valence-corrected chi connectivity index (χ1v) is 8.35. The number of nitrogens with zero attached hydrogens (tertiary/aromatic N) is 4. The van der Waals surface area contributed by atoms with Gasteiger partial charge in [0.1, 0.15) is 5.82 Å². The fraction of sp³-hybridized carbons (Fsp3) is 0.750. The van der Waals surface area contributed by atoms with Gasteiger partial charge in [0.15, 0.2) is 0 Å². The second kappa shape index (κ2) is 6.60. The molecule has 3 rings (SSSR count). The SMILES string of the molecule is CCCNc1nccc(N2CC3CCCCN3CC2C)n1. The summed E-state index contributed by atoms with van der Waals surface area (Å²) in [5, 5.41) is 3.29. The molecule has 1 aromatic heterocycles. The van der Waals surface area contributed by atoms with Crippen molar-refractivity contribution in [2.45, 2.75) is 51.6 Å². The van der Waals surface area contributed by atoms with Gasteiger partial charge >= 0.3 is 0 Å². The molecule has 2 saturated heterocycles. The molecule has 2 fully saturated rings. The van der Waals surface area contributed by atoms with Crippen LogP contribution in [0.25, 0.3) is 0 Å². The quantitative estimate of drug-likeness (QED) is 0.922. The van der Waals surface area contributed by atoms with Crippen LogP contribution < -0.4 is 10.2 Å². The van der Waals surface area contributed by atoms with Gasteiger partial charge < -0.3 is 10.2 Å². The maximum atomic E-state index is 4.71. The Kier molecular flexibility index (Phi) is 4.58. The fourth-order valence-electron chi connectivity index (χ4n) is 3.50. The molecule has 2 aliphatic rings. The van der Waals surface area contributed by atoms with Gasteiger partial charge in [0, 0.05) is 37.9 Å². The maximum Gasteiger partial charge on any atom is 0.224 e. The highest BCUT2D eigenvalue weighted by atomic mass is 15.3. The third kappa shape index (κ3) is 3.28. The molecule has 0 saturated carbocycles. The Morgan fingerprint density at radius 2 is 2.24 bits per heavy atom. The van der Waals surface area contributed by atoms with E-state index in [0.717, 1.165) is 37.8 Å². The molecule has 0 aromatic carbocycles. The molecule has 3 heterocycles. The number of hydrogen-bond acceptors (Lipinski definition) is 5. The Balaban J connectivity index is 1.73. The number of anilines is 2. The van der Waals surface area contributed by atoms with Crippen molar-refractivity contribution in [1.82, 2.24) is 14.9 Å². The number of piperazine rings is 1. The van der Waals surface area contributed by atoms with E-state index in [2.05, 4.69) is 33.9 Å². The zero-order valence-corrected chi connectivity index (χ0v) is 13.3. The van der Waals surface area contributed by atoms with Crippen LogP contribution in [0.3, 0.4) is 0 Å². The lowest BCUT2D eigenvalue weighted by Crippen LogP contribution is -2.59. The minimum Gasteiger partial charge on any atom is -0.354 e. The van der Waals surface area contributed by atoms with Crippen LogP contribution in [-0.2, 0) is 0 Å². The van der Waals surface area contributed by atoms with Gasteiger partial charge in [0.2, 0.25) is 5.95 Å². The maximum absolute atomic E-state index is 4.71. The van der Waals surface area contributed by atoms with Crippen LogP contribution in [-0.4, -0.2) is 53.1 Å². The molecule has 21 heavy (non-hydrogen) atoms. The van der Waals surface area contributed by atoms with Crippen molar-refractivity contribution >= 4 is 11.8 Å². The van der Waals surface area contributed by atoms with Crippen molar-refractivity contribution < 1.29 is 0 Å². The van der Waals surface area contributed by atoms with E-state index in [1.54, 1.807) is 0 Å². The van der Waals surface area contributed by atoms with Crippen molar-refractivity contribution in [1.29, 1.82) is 0 Å². The Morgan fingerprint density at radius 3 is 3.10 bits per heavy atom. The van der Waals surface area contributed by atoms with Crippen molar-refractivity contribution in [2.24, 2.45) is 0 Å². The Hall–Kier alpha value is -1.36. The van der Waals surface area contributed by atoms with Gasteiger partial charge in [0.25, 0.3) is 0 Å². The van der Waals surface area contributed by atoms with E-state index in [1.165, 1.54) is 25.8 Å². The zero-order valence-electron chi connectivity index (χ0n) is 13.3. The van der Waals surface area contributed by atoms with E-state index in [-0.39, 0.29) is 0 Å². The topological polar surface area (TPSA) is 44.3 Å². The van der Waals surface area contributed by atoms with E-state index < -0.39 is 0 Å². The monoisotopic (exact) mass is 289 g/mol. The normalized spacial score (nSPS) is 26.5. The first-order chi connectivity index (χ1) is 10.3. The molecule has 0 amide bonds. The Morgan fingerprint density at radius 1 is 1.33 bits per heavy atom. The molecule has 1 N–H and O–H groups in total. The van der Waals surface area contributed by atoms with Gasteiger partial charge in [-0.3, -0.25) is 4.90 Å². The fourth-order valence-corrected chi connectivity index (χ4v) is 3.50. The van der Waals surface area contributed by atoms with Crippen LogP contribution in [0.4, 0.5) is 11.8 Å². The summed E-state index contributed by atoms with van der Waals surface area (Å²) in [7, 11) is 0. The number of hydrogen-bond donors (Lipinski definition) is 1. The molecule has 2 unspecified atom stereocenters. The van der Waals surface area contributed by atoms with Gasteiger partial charge in [-0.2, -0.15) is 4.98 Å². The molecular weight excluding hydrogens is 262 g/mol. The lowest BCUT2D eigenvalue weighted by molar-refractivity contribution is 0.115. The largest absolute Gasteiger partial charge is 0.354 e.